The molecule has 1 saturated heterocycles. The molecular weight excluding hydrogens is 228 g/mol. The van der Waals surface area contributed by atoms with Crippen LogP contribution in [0.5, 0.6) is 0 Å². The first-order valence-corrected chi connectivity index (χ1v) is 8.53. The Labute approximate surface area is 111 Å². The van der Waals surface area contributed by atoms with E-state index in [2.05, 4.69) is 28.9 Å². The van der Waals surface area contributed by atoms with Crippen LogP contribution in [0, 0.1) is 5.92 Å². The third-order valence-electron chi connectivity index (χ3n) is 4.22. The van der Waals surface area contributed by atoms with E-state index in [-0.39, 0.29) is 0 Å². The summed E-state index contributed by atoms with van der Waals surface area (Å²) in [5, 5.41) is 3.78. The highest BCUT2D eigenvalue weighted by molar-refractivity contribution is 7.99. The highest BCUT2D eigenvalue weighted by atomic mass is 32.2. The zero-order valence-electron chi connectivity index (χ0n) is 11.3. The lowest BCUT2D eigenvalue weighted by atomic mass is 10.0. The number of nitrogens with zero attached hydrogens (tertiary/aromatic N) is 1. The van der Waals surface area contributed by atoms with Gasteiger partial charge in [0.05, 0.1) is 0 Å². The molecule has 0 aromatic heterocycles. The molecule has 1 saturated carbocycles. The minimum atomic E-state index is 0.805. The minimum Gasteiger partial charge on any atom is -0.313 e. The molecule has 0 amide bonds. The lowest BCUT2D eigenvalue weighted by molar-refractivity contribution is 0.291. The van der Waals surface area contributed by atoms with E-state index in [4.69, 9.17) is 0 Å². The Morgan fingerprint density at radius 2 is 1.94 bits per heavy atom. The number of hydrogen-bond acceptors (Lipinski definition) is 3. The van der Waals surface area contributed by atoms with Gasteiger partial charge in [0.25, 0.3) is 0 Å². The van der Waals surface area contributed by atoms with Crippen LogP contribution in [0.25, 0.3) is 0 Å². The number of hydrogen-bond donors (Lipinski definition) is 1. The van der Waals surface area contributed by atoms with E-state index in [1.165, 1.54) is 69.8 Å². The van der Waals surface area contributed by atoms with Gasteiger partial charge in [-0.2, -0.15) is 11.8 Å². The van der Waals surface area contributed by atoms with Gasteiger partial charge in [0.2, 0.25) is 0 Å². The zero-order valence-corrected chi connectivity index (χ0v) is 12.1. The van der Waals surface area contributed by atoms with E-state index in [1.54, 1.807) is 0 Å². The summed E-state index contributed by atoms with van der Waals surface area (Å²) in [6.45, 7) is 7.46. The zero-order chi connectivity index (χ0) is 11.9. The first-order chi connectivity index (χ1) is 8.34. The number of thioether (sulfide) groups is 1. The van der Waals surface area contributed by atoms with Crippen molar-refractivity contribution >= 4 is 11.8 Å². The predicted octanol–water partition coefficient (Wildman–Crippen LogP) is 2.59. The Hall–Kier alpha value is 0.270. The SMILES string of the molecule is CC1CCCC(NCCN2CCSCC2)CC1. The molecule has 2 nitrogen and oxygen atoms in total. The van der Waals surface area contributed by atoms with E-state index in [0.29, 0.717) is 0 Å². The molecule has 1 N–H and O–H groups in total. The second kappa shape index (κ2) is 7.65. The van der Waals surface area contributed by atoms with Gasteiger partial charge in [-0.1, -0.05) is 19.8 Å². The Kier molecular flexibility index (Phi) is 6.16. The third-order valence-corrected chi connectivity index (χ3v) is 5.16. The molecule has 0 spiro atoms. The maximum absolute atomic E-state index is 3.78. The molecule has 0 aromatic rings. The molecule has 2 fully saturated rings. The maximum atomic E-state index is 3.78. The van der Waals surface area contributed by atoms with E-state index in [9.17, 15) is 0 Å². The van der Waals surface area contributed by atoms with Gasteiger partial charge in [0.1, 0.15) is 0 Å². The molecule has 1 aliphatic carbocycles. The maximum Gasteiger partial charge on any atom is 0.0108 e. The molecule has 2 aliphatic rings. The van der Waals surface area contributed by atoms with Crippen LogP contribution in [0.4, 0.5) is 0 Å². The van der Waals surface area contributed by atoms with E-state index in [1.807, 2.05) is 0 Å². The molecule has 100 valence electrons. The molecule has 2 rings (SSSR count). The normalized spacial score (nSPS) is 32.3. The second-order valence-corrected chi connectivity index (χ2v) is 6.94. The van der Waals surface area contributed by atoms with Crippen molar-refractivity contribution in [3.05, 3.63) is 0 Å². The first kappa shape index (κ1) is 13.7. The predicted molar refractivity (Wildman–Crippen MR) is 77.8 cm³/mol. The van der Waals surface area contributed by atoms with Crippen LogP contribution in [-0.2, 0) is 0 Å². The topological polar surface area (TPSA) is 15.3 Å². The van der Waals surface area contributed by atoms with E-state index in [0.717, 1.165) is 12.0 Å². The van der Waals surface area contributed by atoms with Gasteiger partial charge in [-0.25, -0.2) is 0 Å². The van der Waals surface area contributed by atoms with Gasteiger partial charge in [0.15, 0.2) is 0 Å². The van der Waals surface area contributed by atoms with E-state index >= 15 is 0 Å². The molecule has 0 radical (unpaired) electrons. The van der Waals surface area contributed by atoms with Crippen LogP contribution in [0.1, 0.15) is 39.0 Å². The van der Waals surface area contributed by atoms with Crippen molar-refractivity contribution in [3.63, 3.8) is 0 Å². The van der Waals surface area contributed by atoms with Crippen LogP contribution in [0.3, 0.4) is 0 Å². The van der Waals surface area contributed by atoms with Crippen molar-refractivity contribution in [1.82, 2.24) is 10.2 Å². The third kappa shape index (κ3) is 5.19. The summed E-state index contributed by atoms with van der Waals surface area (Å²) in [4.78, 5) is 2.61. The molecule has 2 unspecified atom stereocenters. The van der Waals surface area contributed by atoms with Crippen molar-refractivity contribution in [1.29, 1.82) is 0 Å². The van der Waals surface area contributed by atoms with Crippen LogP contribution in [0.15, 0.2) is 0 Å². The van der Waals surface area contributed by atoms with Crippen molar-refractivity contribution < 1.29 is 0 Å². The largest absolute Gasteiger partial charge is 0.313 e. The lowest BCUT2D eigenvalue weighted by Crippen LogP contribution is -2.40. The molecule has 0 bridgehead atoms. The summed E-state index contributed by atoms with van der Waals surface area (Å²) in [7, 11) is 0. The summed E-state index contributed by atoms with van der Waals surface area (Å²) >= 11 is 2.10. The van der Waals surface area contributed by atoms with Crippen molar-refractivity contribution in [2.24, 2.45) is 5.92 Å². The average molecular weight is 256 g/mol. The smallest absolute Gasteiger partial charge is 0.0108 e. The van der Waals surface area contributed by atoms with E-state index < -0.39 is 0 Å². The van der Waals surface area contributed by atoms with Crippen molar-refractivity contribution in [2.75, 3.05) is 37.7 Å². The second-order valence-electron chi connectivity index (χ2n) is 5.72. The molecule has 17 heavy (non-hydrogen) atoms. The molecular formula is C14H28N2S. The minimum absolute atomic E-state index is 0.805. The molecule has 1 aliphatic heterocycles. The van der Waals surface area contributed by atoms with Crippen LogP contribution >= 0.6 is 11.8 Å². The fourth-order valence-corrected chi connectivity index (χ4v) is 3.92. The van der Waals surface area contributed by atoms with Crippen LogP contribution in [-0.4, -0.2) is 48.6 Å². The van der Waals surface area contributed by atoms with Gasteiger partial charge in [-0.3, -0.25) is 0 Å². The Bertz CT molecular complexity index is 204. The summed E-state index contributed by atoms with van der Waals surface area (Å²) in [5.74, 6) is 3.63. The molecule has 2 atom stereocenters. The monoisotopic (exact) mass is 256 g/mol. The van der Waals surface area contributed by atoms with Crippen molar-refractivity contribution in [2.45, 2.75) is 45.1 Å². The number of nitrogens with one attached hydrogen (secondary N) is 1. The van der Waals surface area contributed by atoms with Crippen LogP contribution in [0.2, 0.25) is 0 Å². The van der Waals surface area contributed by atoms with Gasteiger partial charge in [0, 0.05) is 43.7 Å². The molecule has 0 aromatic carbocycles. The first-order valence-electron chi connectivity index (χ1n) is 7.38. The van der Waals surface area contributed by atoms with Gasteiger partial charge in [-0.15, -0.1) is 0 Å². The Balaban J connectivity index is 1.57. The van der Waals surface area contributed by atoms with Crippen LogP contribution < -0.4 is 5.32 Å². The summed E-state index contributed by atoms with van der Waals surface area (Å²) < 4.78 is 0. The highest BCUT2D eigenvalue weighted by Gasteiger charge is 2.16. The molecule has 3 heteroatoms. The number of rotatable bonds is 4. The quantitative estimate of drug-likeness (QED) is 0.778. The van der Waals surface area contributed by atoms with Crippen molar-refractivity contribution in [3.8, 4) is 0 Å². The Morgan fingerprint density at radius 1 is 1.12 bits per heavy atom. The van der Waals surface area contributed by atoms with Gasteiger partial charge in [-0.05, 0) is 25.2 Å². The summed E-state index contributed by atoms with van der Waals surface area (Å²) in [6.07, 6.45) is 7.11. The molecule has 1 heterocycles. The Morgan fingerprint density at radius 3 is 2.76 bits per heavy atom. The summed E-state index contributed by atoms with van der Waals surface area (Å²) in [5.41, 5.74) is 0. The average Bonchev–Trinajstić information content (AvgIpc) is 2.56. The lowest BCUT2D eigenvalue weighted by Gasteiger charge is -2.27. The van der Waals surface area contributed by atoms with Gasteiger partial charge < -0.3 is 10.2 Å². The summed E-state index contributed by atoms with van der Waals surface area (Å²) in [6, 6.07) is 0.805. The fourth-order valence-electron chi connectivity index (χ4n) is 2.94. The van der Waals surface area contributed by atoms with Gasteiger partial charge >= 0.3 is 0 Å². The standard InChI is InChI=1S/C14H28N2S/c1-13-3-2-4-14(6-5-13)15-7-8-16-9-11-17-12-10-16/h13-15H,2-12H2,1H3. The fraction of sp³-hybridized carbons (Fsp3) is 1.00. The highest BCUT2D eigenvalue weighted by Crippen LogP contribution is 2.22.